The Balaban J connectivity index is 2.52. The molecular weight excluding hydrogens is 190 g/mol. The van der Waals surface area contributed by atoms with Crippen LogP contribution in [0.4, 0.5) is 0 Å². The molecule has 2 aromatic rings. The largest absolute Gasteiger partial charge is 0.298 e. The Morgan fingerprint density at radius 2 is 2.40 bits per heavy atom. The summed E-state index contributed by atoms with van der Waals surface area (Å²) < 4.78 is 1.74. The van der Waals surface area contributed by atoms with E-state index < -0.39 is 0 Å². The van der Waals surface area contributed by atoms with Crippen LogP contribution in [0.5, 0.6) is 0 Å². The molecule has 0 unspecified atom stereocenters. The third-order valence-electron chi connectivity index (χ3n) is 2.18. The first-order valence-corrected chi connectivity index (χ1v) is 4.78. The molecular formula is C11H11N3O. The number of aldehydes is 1. The summed E-state index contributed by atoms with van der Waals surface area (Å²) in [5, 5.41) is 4.32. The monoisotopic (exact) mass is 201 g/mol. The lowest BCUT2D eigenvalue weighted by Crippen LogP contribution is -1.93. The van der Waals surface area contributed by atoms with Gasteiger partial charge < -0.3 is 0 Å². The zero-order valence-electron chi connectivity index (χ0n) is 8.42. The Kier molecular flexibility index (Phi) is 2.58. The van der Waals surface area contributed by atoms with E-state index in [-0.39, 0.29) is 0 Å². The summed E-state index contributed by atoms with van der Waals surface area (Å²) in [6.45, 7) is 2.73. The molecule has 0 aromatic carbocycles. The lowest BCUT2D eigenvalue weighted by atomic mass is 10.1. The molecule has 0 bridgehead atoms. The van der Waals surface area contributed by atoms with Gasteiger partial charge in [0.2, 0.25) is 0 Å². The molecule has 0 saturated carbocycles. The summed E-state index contributed by atoms with van der Waals surface area (Å²) in [4.78, 5) is 14.9. The third kappa shape index (κ3) is 1.79. The smallest absolute Gasteiger partial charge is 0.153 e. The van der Waals surface area contributed by atoms with Crippen LogP contribution in [0.1, 0.15) is 17.3 Å². The minimum Gasteiger partial charge on any atom is -0.298 e. The molecule has 0 saturated heterocycles. The van der Waals surface area contributed by atoms with Gasteiger partial charge in [0.05, 0.1) is 5.56 Å². The van der Waals surface area contributed by atoms with Crippen molar-refractivity contribution in [2.75, 3.05) is 0 Å². The molecule has 15 heavy (non-hydrogen) atoms. The van der Waals surface area contributed by atoms with Crippen LogP contribution in [0.15, 0.2) is 30.7 Å². The molecule has 2 aromatic heterocycles. The second kappa shape index (κ2) is 4.04. The number of carbonyl (C=O) groups is 1. The zero-order chi connectivity index (χ0) is 10.7. The maximum absolute atomic E-state index is 10.9. The zero-order valence-corrected chi connectivity index (χ0v) is 8.42. The maximum Gasteiger partial charge on any atom is 0.153 e. The Bertz CT molecular complexity index is 462. The average molecular weight is 201 g/mol. The molecule has 76 valence electrons. The van der Waals surface area contributed by atoms with Gasteiger partial charge in [-0.2, -0.15) is 5.10 Å². The van der Waals surface area contributed by atoms with Gasteiger partial charge in [-0.3, -0.25) is 14.5 Å². The van der Waals surface area contributed by atoms with E-state index in [0.717, 1.165) is 18.4 Å². The van der Waals surface area contributed by atoms with Crippen molar-refractivity contribution in [3.63, 3.8) is 0 Å². The summed E-state index contributed by atoms with van der Waals surface area (Å²) in [6, 6.07) is 3.72. The highest BCUT2D eigenvalue weighted by Gasteiger charge is 2.09. The van der Waals surface area contributed by atoms with Crippen LogP contribution >= 0.6 is 0 Å². The van der Waals surface area contributed by atoms with E-state index >= 15 is 0 Å². The van der Waals surface area contributed by atoms with Crippen molar-refractivity contribution in [2.24, 2.45) is 0 Å². The van der Waals surface area contributed by atoms with Gasteiger partial charge in [-0.1, -0.05) is 0 Å². The number of nitrogens with zero attached hydrogens (tertiary/aromatic N) is 3. The molecule has 2 rings (SSSR count). The topological polar surface area (TPSA) is 47.8 Å². The van der Waals surface area contributed by atoms with Crippen LogP contribution in [0.3, 0.4) is 0 Å². The SMILES string of the molecule is CCn1cc(C=O)c(-c2cccnc2)n1. The van der Waals surface area contributed by atoms with E-state index in [4.69, 9.17) is 0 Å². The Hall–Kier alpha value is -1.97. The van der Waals surface area contributed by atoms with Crippen molar-refractivity contribution < 1.29 is 4.79 Å². The maximum atomic E-state index is 10.9. The normalized spacial score (nSPS) is 10.2. The predicted molar refractivity (Wildman–Crippen MR) is 56.5 cm³/mol. The number of pyridine rings is 1. The van der Waals surface area contributed by atoms with Gasteiger partial charge in [-0.05, 0) is 19.1 Å². The lowest BCUT2D eigenvalue weighted by Gasteiger charge is -1.95. The fourth-order valence-corrected chi connectivity index (χ4v) is 1.41. The highest BCUT2D eigenvalue weighted by Crippen LogP contribution is 2.19. The molecule has 4 nitrogen and oxygen atoms in total. The number of carbonyl (C=O) groups excluding carboxylic acids is 1. The van der Waals surface area contributed by atoms with Gasteiger partial charge in [0.1, 0.15) is 5.69 Å². The molecule has 0 aliphatic heterocycles. The van der Waals surface area contributed by atoms with Gasteiger partial charge in [0, 0.05) is 30.7 Å². The van der Waals surface area contributed by atoms with Crippen LogP contribution in [0.2, 0.25) is 0 Å². The molecule has 0 N–H and O–H groups in total. The van der Waals surface area contributed by atoms with Gasteiger partial charge in [-0.25, -0.2) is 0 Å². The van der Waals surface area contributed by atoms with Crippen molar-refractivity contribution in [1.29, 1.82) is 0 Å². The van der Waals surface area contributed by atoms with Crippen molar-refractivity contribution in [1.82, 2.24) is 14.8 Å². The summed E-state index contributed by atoms with van der Waals surface area (Å²) in [6.07, 6.45) is 5.97. The highest BCUT2D eigenvalue weighted by atomic mass is 16.1. The van der Waals surface area contributed by atoms with Crippen molar-refractivity contribution in [3.8, 4) is 11.3 Å². The molecule has 0 atom stereocenters. The number of hydrogen-bond acceptors (Lipinski definition) is 3. The Labute approximate surface area is 87.6 Å². The molecule has 2 heterocycles. The molecule has 0 radical (unpaired) electrons. The molecule has 0 aliphatic rings. The Morgan fingerprint density at radius 1 is 1.53 bits per heavy atom. The minimum absolute atomic E-state index is 0.602. The van der Waals surface area contributed by atoms with Crippen LogP contribution in [-0.2, 0) is 6.54 Å². The summed E-state index contributed by atoms with van der Waals surface area (Å²) in [5.74, 6) is 0. The second-order valence-electron chi connectivity index (χ2n) is 3.15. The summed E-state index contributed by atoms with van der Waals surface area (Å²) >= 11 is 0. The average Bonchev–Trinajstić information content (AvgIpc) is 2.73. The van der Waals surface area contributed by atoms with Crippen LogP contribution in [-0.4, -0.2) is 21.1 Å². The fourth-order valence-electron chi connectivity index (χ4n) is 1.41. The number of aryl methyl sites for hydroxylation is 1. The van der Waals surface area contributed by atoms with E-state index in [2.05, 4.69) is 10.1 Å². The number of aromatic nitrogens is 3. The van der Waals surface area contributed by atoms with E-state index in [1.165, 1.54) is 0 Å². The fraction of sp³-hybridized carbons (Fsp3) is 0.182. The van der Waals surface area contributed by atoms with E-state index in [0.29, 0.717) is 11.3 Å². The first kappa shape index (κ1) is 9.58. The third-order valence-corrected chi connectivity index (χ3v) is 2.18. The highest BCUT2D eigenvalue weighted by molar-refractivity contribution is 5.85. The van der Waals surface area contributed by atoms with Gasteiger partial charge in [0.15, 0.2) is 6.29 Å². The van der Waals surface area contributed by atoms with Crippen LogP contribution in [0.25, 0.3) is 11.3 Å². The van der Waals surface area contributed by atoms with Crippen LogP contribution in [0, 0.1) is 0 Å². The van der Waals surface area contributed by atoms with E-state index in [1.54, 1.807) is 23.3 Å². The molecule has 0 spiro atoms. The number of rotatable bonds is 3. The van der Waals surface area contributed by atoms with Crippen molar-refractivity contribution in [3.05, 3.63) is 36.3 Å². The lowest BCUT2D eigenvalue weighted by molar-refractivity contribution is 0.112. The van der Waals surface area contributed by atoms with Gasteiger partial charge in [-0.15, -0.1) is 0 Å². The van der Waals surface area contributed by atoms with E-state index in [1.807, 2.05) is 19.1 Å². The predicted octanol–water partition coefficient (Wildman–Crippen LogP) is 1.78. The van der Waals surface area contributed by atoms with Crippen LogP contribution < -0.4 is 0 Å². The number of hydrogen-bond donors (Lipinski definition) is 0. The molecule has 0 fully saturated rings. The van der Waals surface area contributed by atoms with Crippen molar-refractivity contribution in [2.45, 2.75) is 13.5 Å². The van der Waals surface area contributed by atoms with Gasteiger partial charge in [0.25, 0.3) is 0 Å². The molecule has 4 heteroatoms. The summed E-state index contributed by atoms with van der Waals surface area (Å²) in [5.41, 5.74) is 2.16. The second-order valence-corrected chi connectivity index (χ2v) is 3.15. The molecule has 0 aliphatic carbocycles. The quantitative estimate of drug-likeness (QED) is 0.711. The summed E-state index contributed by atoms with van der Waals surface area (Å²) in [7, 11) is 0. The first-order chi connectivity index (χ1) is 7.35. The molecule has 0 amide bonds. The van der Waals surface area contributed by atoms with E-state index in [9.17, 15) is 4.79 Å². The van der Waals surface area contributed by atoms with Gasteiger partial charge >= 0.3 is 0 Å². The Morgan fingerprint density at radius 3 is 3.00 bits per heavy atom. The first-order valence-electron chi connectivity index (χ1n) is 4.78. The van der Waals surface area contributed by atoms with Crippen molar-refractivity contribution >= 4 is 6.29 Å². The standard InChI is InChI=1S/C11H11N3O/c1-2-14-7-10(8-15)11(13-14)9-4-3-5-12-6-9/h3-8H,2H2,1H3. The minimum atomic E-state index is 0.602.